The Kier molecular flexibility index (Phi) is 7.94. The van der Waals surface area contributed by atoms with Crippen molar-refractivity contribution in [3.05, 3.63) is 35.4 Å². The SMILES string of the molecule is CCC.CCO/N=C(\N)c1ccc(C)cc1. The maximum Gasteiger partial charge on any atom is 0.170 e. The van der Waals surface area contributed by atoms with Crippen molar-refractivity contribution in [1.29, 1.82) is 0 Å². The molecule has 0 spiro atoms. The Hall–Kier alpha value is -1.51. The van der Waals surface area contributed by atoms with E-state index in [1.165, 1.54) is 12.0 Å². The molecule has 0 fully saturated rings. The maximum absolute atomic E-state index is 5.66. The zero-order valence-electron chi connectivity index (χ0n) is 10.7. The predicted octanol–water partition coefficient (Wildman–Crippen LogP) is 3.07. The van der Waals surface area contributed by atoms with Crippen LogP contribution in [0.5, 0.6) is 0 Å². The summed E-state index contributed by atoms with van der Waals surface area (Å²) in [5, 5.41) is 3.74. The smallest absolute Gasteiger partial charge is 0.170 e. The number of amidine groups is 1. The van der Waals surface area contributed by atoms with E-state index < -0.39 is 0 Å². The standard InChI is InChI=1S/C10H14N2O.C3H8/c1-3-13-12-10(11)9-6-4-8(2)5-7-9;1-3-2/h4-7H,3H2,1-2H3,(H2,11,12);3H2,1-2H3. The fraction of sp³-hybridized carbons (Fsp3) is 0.462. The largest absolute Gasteiger partial charge is 0.394 e. The van der Waals surface area contributed by atoms with Crippen LogP contribution < -0.4 is 5.73 Å². The van der Waals surface area contributed by atoms with Crippen molar-refractivity contribution in [3.63, 3.8) is 0 Å². The molecule has 0 amide bonds. The van der Waals surface area contributed by atoms with E-state index in [-0.39, 0.29) is 0 Å². The second-order valence-electron chi connectivity index (χ2n) is 3.47. The van der Waals surface area contributed by atoms with E-state index in [0.717, 1.165) is 5.56 Å². The minimum Gasteiger partial charge on any atom is -0.394 e. The van der Waals surface area contributed by atoms with Crippen LogP contribution >= 0.6 is 0 Å². The predicted molar refractivity (Wildman–Crippen MR) is 69.5 cm³/mol. The second-order valence-corrected chi connectivity index (χ2v) is 3.47. The lowest BCUT2D eigenvalue weighted by atomic mass is 10.1. The average Bonchev–Trinajstić information content (AvgIpc) is 2.28. The van der Waals surface area contributed by atoms with Crippen LogP contribution in [0.2, 0.25) is 0 Å². The first-order valence-corrected chi connectivity index (χ1v) is 5.68. The number of rotatable bonds is 3. The average molecular weight is 222 g/mol. The van der Waals surface area contributed by atoms with Crippen molar-refractivity contribution in [3.8, 4) is 0 Å². The summed E-state index contributed by atoms with van der Waals surface area (Å²) in [5.74, 6) is 0.418. The molecule has 0 bridgehead atoms. The molecule has 1 aromatic carbocycles. The zero-order valence-corrected chi connectivity index (χ0v) is 10.7. The quantitative estimate of drug-likeness (QED) is 0.485. The van der Waals surface area contributed by atoms with E-state index in [2.05, 4.69) is 19.0 Å². The molecule has 2 N–H and O–H groups in total. The highest BCUT2D eigenvalue weighted by Gasteiger charge is 1.96. The Morgan fingerprint density at radius 3 is 2.12 bits per heavy atom. The molecule has 3 heteroatoms. The van der Waals surface area contributed by atoms with E-state index >= 15 is 0 Å². The van der Waals surface area contributed by atoms with E-state index in [1.807, 2.05) is 38.1 Å². The molecule has 0 aliphatic heterocycles. The van der Waals surface area contributed by atoms with Gasteiger partial charge < -0.3 is 10.6 Å². The summed E-state index contributed by atoms with van der Waals surface area (Å²) < 4.78 is 0. The summed E-state index contributed by atoms with van der Waals surface area (Å²) in [6.45, 7) is 8.68. The third-order valence-corrected chi connectivity index (χ3v) is 1.64. The van der Waals surface area contributed by atoms with Gasteiger partial charge in [0.1, 0.15) is 6.61 Å². The lowest BCUT2D eigenvalue weighted by Crippen LogP contribution is -2.13. The molecule has 0 aliphatic carbocycles. The maximum atomic E-state index is 5.66. The lowest BCUT2D eigenvalue weighted by molar-refractivity contribution is 0.158. The van der Waals surface area contributed by atoms with Gasteiger partial charge in [0, 0.05) is 5.56 Å². The minimum absolute atomic E-state index is 0.418. The number of hydrogen-bond donors (Lipinski definition) is 1. The monoisotopic (exact) mass is 222 g/mol. The molecule has 16 heavy (non-hydrogen) atoms. The van der Waals surface area contributed by atoms with Gasteiger partial charge in [-0.15, -0.1) is 0 Å². The summed E-state index contributed by atoms with van der Waals surface area (Å²) >= 11 is 0. The Morgan fingerprint density at radius 2 is 1.69 bits per heavy atom. The van der Waals surface area contributed by atoms with Gasteiger partial charge in [0.25, 0.3) is 0 Å². The molecule has 1 rings (SSSR count). The molecule has 0 aliphatic rings. The fourth-order valence-corrected chi connectivity index (χ4v) is 0.911. The molecule has 0 heterocycles. The highest BCUT2D eigenvalue weighted by Crippen LogP contribution is 2.02. The molecule has 90 valence electrons. The number of benzene rings is 1. The summed E-state index contributed by atoms with van der Waals surface area (Å²) in [6, 6.07) is 7.83. The van der Waals surface area contributed by atoms with E-state index in [1.54, 1.807) is 0 Å². The third-order valence-electron chi connectivity index (χ3n) is 1.64. The zero-order chi connectivity index (χ0) is 12.4. The molecule has 3 nitrogen and oxygen atoms in total. The molecular weight excluding hydrogens is 200 g/mol. The van der Waals surface area contributed by atoms with E-state index in [4.69, 9.17) is 10.6 Å². The minimum atomic E-state index is 0.418. The first kappa shape index (κ1) is 14.5. The number of hydrogen-bond acceptors (Lipinski definition) is 2. The lowest BCUT2D eigenvalue weighted by Gasteiger charge is -2.00. The summed E-state index contributed by atoms with van der Waals surface area (Å²) in [6.07, 6.45) is 1.25. The van der Waals surface area contributed by atoms with E-state index in [0.29, 0.717) is 12.4 Å². The van der Waals surface area contributed by atoms with Crippen molar-refractivity contribution in [2.24, 2.45) is 10.9 Å². The second kappa shape index (κ2) is 8.77. The van der Waals surface area contributed by atoms with Gasteiger partial charge in [0.15, 0.2) is 5.84 Å². The van der Waals surface area contributed by atoms with E-state index in [9.17, 15) is 0 Å². The summed E-state index contributed by atoms with van der Waals surface area (Å²) in [5.41, 5.74) is 7.75. The Bertz CT molecular complexity index is 304. The Morgan fingerprint density at radius 1 is 1.19 bits per heavy atom. The van der Waals surface area contributed by atoms with Crippen molar-refractivity contribution in [2.45, 2.75) is 34.1 Å². The third kappa shape index (κ3) is 6.06. The van der Waals surface area contributed by atoms with Crippen molar-refractivity contribution >= 4 is 5.84 Å². The van der Waals surface area contributed by atoms with Crippen molar-refractivity contribution in [2.75, 3.05) is 6.61 Å². The molecule has 1 aromatic rings. The normalized spacial score (nSPS) is 10.4. The van der Waals surface area contributed by atoms with Crippen molar-refractivity contribution < 1.29 is 4.84 Å². The van der Waals surface area contributed by atoms with Crippen molar-refractivity contribution in [1.82, 2.24) is 0 Å². The van der Waals surface area contributed by atoms with Crippen LogP contribution in [-0.2, 0) is 4.84 Å². The number of oxime groups is 1. The first-order chi connectivity index (χ1) is 7.65. The molecule has 0 radical (unpaired) electrons. The molecule has 0 saturated carbocycles. The van der Waals surface area contributed by atoms with Gasteiger partial charge in [-0.2, -0.15) is 0 Å². The van der Waals surface area contributed by atoms with Gasteiger partial charge in [-0.3, -0.25) is 0 Å². The molecule has 0 unspecified atom stereocenters. The van der Waals surface area contributed by atoms with Crippen LogP contribution in [0, 0.1) is 6.92 Å². The molecule has 0 aromatic heterocycles. The fourth-order valence-electron chi connectivity index (χ4n) is 0.911. The molecule has 0 saturated heterocycles. The molecule has 0 atom stereocenters. The van der Waals surface area contributed by atoms with Crippen LogP contribution in [0.15, 0.2) is 29.4 Å². The Labute approximate surface area is 98.3 Å². The Balaban J connectivity index is 0.000000673. The van der Waals surface area contributed by atoms with Crippen LogP contribution in [0.1, 0.15) is 38.3 Å². The highest BCUT2D eigenvalue weighted by molar-refractivity contribution is 5.97. The number of nitrogens with zero attached hydrogens (tertiary/aromatic N) is 1. The number of nitrogens with two attached hydrogens (primary N) is 1. The summed E-state index contributed by atoms with van der Waals surface area (Å²) in [7, 11) is 0. The van der Waals surface area contributed by atoms with Gasteiger partial charge in [-0.1, -0.05) is 55.3 Å². The van der Waals surface area contributed by atoms with Crippen LogP contribution in [-0.4, -0.2) is 12.4 Å². The van der Waals surface area contributed by atoms with Gasteiger partial charge in [-0.05, 0) is 13.8 Å². The van der Waals surface area contributed by atoms with Gasteiger partial charge in [0.2, 0.25) is 0 Å². The van der Waals surface area contributed by atoms with Gasteiger partial charge in [0.05, 0.1) is 0 Å². The molecular formula is C13H22N2O. The summed E-state index contributed by atoms with van der Waals surface area (Å²) in [4.78, 5) is 4.84. The highest BCUT2D eigenvalue weighted by atomic mass is 16.6. The van der Waals surface area contributed by atoms with Crippen LogP contribution in [0.4, 0.5) is 0 Å². The van der Waals surface area contributed by atoms with Gasteiger partial charge in [-0.25, -0.2) is 0 Å². The van der Waals surface area contributed by atoms with Gasteiger partial charge >= 0.3 is 0 Å². The van der Waals surface area contributed by atoms with Crippen LogP contribution in [0.25, 0.3) is 0 Å². The first-order valence-electron chi connectivity index (χ1n) is 5.68. The topological polar surface area (TPSA) is 47.6 Å². The van der Waals surface area contributed by atoms with Crippen LogP contribution in [0.3, 0.4) is 0 Å². The number of aryl methyl sites for hydroxylation is 1.